The van der Waals surface area contributed by atoms with Crippen LogP contribution in [0.15, 0.2) is 77.8 Å². The Morgan fingerprint density at radius 3 is 1.85 bits per heavy atom. The van der Waals surface area contributed by atoms with Crippen LogP contribution in [-0.2, 0) is 75.4 Å². The van der Waals surface area contributed by atoms with Crippen molar-refractivity contribution in [2.45, 2.75) is 97.5 Å². The number of aliphatic imine (C=N–C) groups is 1. The fraction of sp³-hybridized carbons (Fsp3) is 0.541. The van der Waals surface area contributed by atoms with Gasteiger partial charge in [-0.25, -0.2) is 0 Å². The lowest BCUT2D eigenvalue weighted by molar-refractivity contribution is -0.148. The Bertz CT molecular complexity index is 2760. The van der Waals surface area contributed by atoms with Crippen LogP contribution in [0, 0.1) is 16.2 Å². The summed E-state index contributed by atoms with van der Waals surface area (Å²) in [6, 6.07) is 24.1. The molecule has 6 heterocycles. The Balaban J connectivity index is 0.000000138. The number of para-hydroxylation sites is 1. The molecule has 3 spiro atoms. The van der Waals surface area contributed by atoms with E-state index in [-0.39, 0.29) is 41.7 Å². The smallest absolute Gasteiger partial charge is 0.320 e. The molecule has 13 rings (SSSR count). The number of ether oxygens (including phenoxy) is 4. The van der Waals surface area contributed by atoms with E-state index in [4.69, 9.17) is 19.3 Å². The van der Waals surface area contributed by atoms with Crippen molar-refractivity contribution in [1.82, 2.24) is 20.0 Å². The summed E-state index contributed by atoms with van der Waals surface area (Å²) in [5.74, 6) is 2.95. The summed E-state index contributed by atoms with van der Waals surface area (Å²) in [6.07, 6.45) is 14.1. The molecule has 17 heteroatoms. The van der Waals surface area contributed by atoms with Gasteiger partial charge in [-0.2, -0.15) is 0 Å². The van der Waals surface area contributed by atoms with Gasteiger partial charge in [-0.05, 0) is 147 Å². The molecule has 0 unspecified atom stereocenters. The third kappa shape index (κ3) is 14.9. The van der Waals surface area contributed by atoms with Crippen molar-refractivity contribution in [1.29, 1.82) is 0 Å². The van der Waals surface area contributed by atoms with E-state index in [1.54, 1.807) is 19.1 Å². The van der Waals surface area contributed by atoms with Gasteiger partial charge in [-0.3, -0.25) is 29.2 Å². The molecule has 78 heavy (non-hydrogen) atoms. The first-order valence-electron chi connectivity index (χ1n) is 27.9. The van der Waals surface area contributed by atoms with Crippen LogP contribution in [0.1, 0.15) is 90.5 Å². The number of carboxylic acid groups (broad SMARTS) is 1. The molecule has 0 amide bonds. The van der Waals surface area contributed by atoms with E-state index in [1.807, 2.05) is 30.0 Å². The maximum absolute atomic E-state index is 11.4. The number of alkyl halides is 1. The Labute approximate surface area is 474 Å². The molecule has 6 aliphatic heterocycles. The minimum Gasteiger partial charge on any atom is -0.508 e. The number of phenols is 2. The number of fused-ring (bicyclic) bond motifs is 5. The lowest BCUT2D eigenvalue weighted by Crippen LogP contribution is -2.58. The highest BCUT2D eigenvalue weighted by Crippen LogP contribution is 2.46. The zero-order chi connectivity index (χ0) is 54.0. The normalized spacial score (nSPS) is 19.7. The monoisotopic (exact) mass is 1160 g/mol. The van der Waals surface area contributed by atoms with Gasteiger partial charge in [0.25, 0.3) is 0 Å². The predicted octanol–water partition coefficient (Wildman–Crippen LogP) is 8.15. The highest BCUT2D eigenvalue weighted by molar-refractivity contribution is 9.09. The van der Waals surface area contributed by atoms with Crippen LogP contribution in [0.4, 0.5) is 0 Å². The van der Waals surface area contributed by atoms with Crippen molar-refractivity contribution in [2.24, 2.45) is 21.2 Å². The standard InChI is InChI=1S/C22H23NO4.C15H19NO3.C11H13NO.C9H16N2.C4H7BrO2.ClH/c24-20(25)11-23-13-22(14-23)9-16-4-5-19(8-18(16)10-22)27-12-17-3-1-2-15-6-7-26-21(15)17;1-2-19-14(18)8-16-9-15(10-16)6-11-3-4-13(17)5-12(11)7-15;13-10-2-1-8-4-11(6-12-7-11)5-9(8)3-10;1-2-5-9-10-6-4-8-11(9)7-3-1;1-2-7-4(6)3-5;/h1-5,8H,6-7,9-14H2,(H,24,25);3-5,17H,2,6-10H2,1H3;1-3,12-13H,4-7H2;1-8H2;2-3H2,1H3;1H. The van der Waals surface area contributed by atoms with E-state index in [9.17, 15) is 24.6 Å². The number of carboxylic acids is 1. The van der Waals surface area contributed by atoms with Crippen LogP contribution in [-0.4, -0.2) is 151 Å². The fourth-order valence-electron chi connectivity index (χ4n) is 13.0. The van der Waals surface area contributed by atoms with Gasteiger partial charge in [-0.15, -0.1) is 12.4 Å². The summed E-state index contributed by atoms with van der Waals surface area (Å²) in [4.78, 5) is 43.6. The first-order chi connectivity index (χ1) is 37.2. The molecule has 4 saturated heterocycles. The first kappa shape index (κ1) is 58.8. The molecule has 15 nitrogen and oxygen atoms in total. The SMILES string of the molecule is C1CCC2=NCCCN2CC1.CCOC(=O)CBr.CCOC(=O)CN1CC2(Cc3ccc(O)cc3C2)C1.Cl.O=C(O)CN1CC2(Cc3ccc(OCc4cccc5c4OCC5)cc3C2)C1.Oc1ccc2c(c1)CC1(CNC1)C2. The average molecular weight is 1160 g/mol. The Morgan fingerprint density at radius 2 is 1.24 bits per heavy atom. The highest BCUT2D eigenvalue weighted by atomic mass is 79.9. The van der Waals surface area contributed by atoms with Crippen LogP contribution < -0.4 is 14.8 Å². The average Bonchev–Trinajstić information content (AvgIpc) is 4.21. The van der Waals surface area contributed by atoms with Crippen molar-refractivity contribution in [3.05, 3.63) is 117 Å². The summed E-state index contributed by atoms with van der Waals surface area (Å²) < 4.78 is 21.3. The van der Waals surface area contributed by atoms with Gasteiger partial charge in [-0.1, -0.05) is 58.7 Å². The second-order valence-corrected chi connectivity index (χ2v) is 23.2. The zero-order valence-corrected chi connectivity index (χ0v) is 47.9. The number of hydrogen-bond donors (Lipinski definition) is 4. The molecule has 0 bridgehead atoms. The van der Waals surface area contributed by atoms with Gasteiger partial charge in [0.1, 0.15) is 34.9 Å². The minimum atomic E-state index is -0.743. The lowest BCUT2D eigenvalue weighted by atomic mass is 9.77. The molecule has 0 radical (unpaired) electrons. The van der Waals surface area contributed by atoms with Crippen LogP contribution >= 0.6 is 28.3 Å². The predicted molar refractivity (Wildman–Crippen MR) is 307 cm³/mol. The van der Waals surface area contributed by atoms with Gasteiger partial charge in [0, 0.05) is 93.6 Å². The molecule has 3 aliphatic carbocycles. The molecule has 0 atom stereocenters. The number of nitrogens with one attached hydrogen (secondary N) is 1. The van der Waals surface area contributed by atoms with Crippen molar-refractivity contribution in [3.8, 4) is 23.0 Å². The number of rotatable bonds is 10. The van der Waals surface area contributed by atoms with E-state index >= 15 is 0 Å². The molecule has 4 aromatic rings. The Kier molecular flexibility index (Phi) is 20.1. The number of phenolic OH excluding ortho intramolecular Hbond substituents is 2. The third-order valence-corrected chi connectivity index (χ3v) is 16.8. The number of likely N-dealkylation sites (tertiary alicyclic amines) is 2. The zero-order valence-electron chi connectivity index (χ0n) is 45.5. The van der Waals surface area contributed by atoms with Crippen LogP contribution in [0.25, 0.3) is 0 Å². The van der Waals surface area contributed by atoms with Crippen molar-refractivity contribution in [3.63, 3.8) is 0 Å². The number of benzene rings is 4. The van der Waals surface area contributed by atoms with Gasteiger partial charge < -0.3 is 44.5 Å². The van der Waals surface area contributed by atoms with Gasteiger partial charge in [0.2, 0.25) is 0 Å². The fourth-order valence-corrected chi connectivity index (χ4v) is 13.2. The van der Waals surface area contributed by atoms with Crippen LogP contribution in [0.2, 0.25) is 0 Å². The molecular formula is C61H79BrClN5O10. The summed E-state index contributed by atoms with van der Waals surface area (Å²) in [6.45, 7) is 15.9. The summed E-state index contributed by atoms with van der Waals surface area (Å²) in [5.41, 5.74) is 11.5. The lowest BCUT2D eigenvalue weighted by Gasteiger charge is -2.47. The van der Waals surface area contributed by atoms with Gasteiger partial charge in [0.15, 0.2) is 0 Å². The number of halogens is 2. The number of aliphatic carboxylic acids is 1. The van der Waals surface area contributed by atoms with Crippen molar-refractivity contribution < 1.29 is 48.7 Å². The topological polar surface area (TPSA) is 183 Å². The summed E-state index contributed by atoms with van der Waals surface area (Å²) in [7, 11) is 0. The molecule has 4 fully saturated rings. The second kappa shape index (κ2) is 26.7. The molecule has 0 saturated carbocycles. The maximum Gasteiger partial charge on any atom is 0.320 e. The first-order valence-corrected chi connectivity index (χ1v) is 29.0. The summed E-state index contributed by atoms with van der Waals surface area (Å²) >= 11 is 2.94. The van der Waals surface area contributed by atoms with Crippen LogP contribution in [0.3, 0.4) is 0 Å². The number of amidine groups is 1. The maximum atomic E-state index is 11.4. The Hall–Kier alpha value is -5.39. The number of nitrogens with zero attached hydrogens (tertiary/aromatic N) is 4. The van der Waals surface area contributed by atoms with Crippen molar-refractivity contribution >= 4 is 52.1 Å². The molecule has 0 aromatic heterocycles. The number of carbonyl (C=O) groups is 3. The van der Waals surface area contributed by atoms with E-state index in [1.165, 1.54) is 96.4 Å². The van der Waals surface area contributed by atoms with Crippen molar-refractivity contribution in [2.75, 3.05) is 97.1 Å². The number of carbonyl (C=O) groups excluding carboxylic acids is 2. The molecule has 4 aromatic carbocycles. The molecule has 422 valence electrons. The second-order valence-electron chi connectivity index (χ2n) is 22.7. The quantitative estimate of drug-likeness (QED) is 0.0882. The van der Waals surface area contributed by atoms with E-state index in [0.29, 0.717) is 48.6 Å². The molecule has 4 N–H and O–H groups in total. The van der Waals surface area contributed by atoms with E-state index in [2.05, 4.69) is 83.2 Å². The molecular weight excluding hydrogens is 1080 g/mol. The van der Waals surface area contributed by atoms with Gasteiger partial charge in [0.05, 0.1) is 38.7 Å². The van der Waals surface area contributed by atoms with E-state index in [0.717, 1.165) is 108 Å². The van der Waals surface area contributed by atoms with E-state index < -0.39 is 5.97 Å². The summed E-state index contributed by atoms with van der Waals surface area (Å²) in [5, 5.41) is 31.4. The third-order valence-electron chi connectivity index (χ3n) is 16.4. The van der Waals surface area contributed by atoms with Crippen LogP contribution in [0.5, 0.6) is 23.0 Å². The number of esters is 2. The molecule has 9 aliphatic rings. The highest BCUT2D eigenvalue weighted by Gasteiger charge is 2.48. The largest absolute Gasteiger partial charge is 0.508 e. The number of hydrogen-bond acceptors (Lipinski definition) is 14. The minimum absolute atomic E-state index is 0. The number of aromatic hydroxyl groups is 2. The Morgan fingerprint density at radius 1 is 0.667 bits per heavy atom. The van der Waals surface area contributed by atoms with Gasteiger partial charge >= 0.3 is 17.9 Å².